The molecule has 4 heteroatoms. The first-order chi connectivity index (χ1) is 11.7. The van der Waals surface area contributed by atoms with Crippen LogP contribution in [0.3, 0.4) is 0 Å². The van der Waals surface area contributed by atoms with Gasteiger partial charge in [-0.3, -0.25) is 4.79 Å². The number of rotatable bonds is 4. The normalized spacial score (nSPS) is 15.6. The van der Waals surface area contributed by atoms with E-state index in [4.69, 9.17) is 11.6 Å². The molecule has 124 valence electrons. The van der Waals surface area contributed by atoms with E-state index in [-0.39, 0.29) is 11.9 Å². The second-order valence-electron chi connectivity index (χ2n) is 5.99. The minimum atomic E-state index is -0.0388. The number of benzene rings is 2. The summed E-state index contributed by atoms with van der Waals surface area (Å²) in [6, 6.07) is 18.1. The lowest BCUT2D eigenvalue weighted by atomic mass is 10.0. The SMILES string of the molecule is O=C(/C=C/c1ccc(Cl)cc1)NC1CCN(c2ccccc2)CC1. The van der Waals surface area contributed by atoms with E-state index in [2.05, 4.69) is 34.5 Å². The van der Waals surface area contributed by atoms with Crippen molar-refractivity contribution in [2.45, 2.75) is 18.9 Å². The van der Waals surface area contributed by atoms with Crippen LogP contribution in [0.5, 0.6) is 0 Å². The van der Waals surface area contributed by atoms with Crippen molar-refractivity contribution in [2.75, 3.05) is 18.0 Å². The predicted octanol–water partition coefficient (Wildman–Crippen LogP) is 4.14. The Morgan fingerprint density at radius 2 is 1.71 bits per heavy atom. The molecular formula is C20H21ClN2O. The third-order valence-corrected chi connectivity index (χ3v) is 4.51. The maximum Gasteiger partial charge on any atom is 0.244 e. The molecule has 0 bridgehead atoms. The number of carbonyl (C=O) groups is 1. The Labute approximate surface area is 147 Å². The number of hydrogen-bond acceptors (Lipinski definition) is 2. The Bertz CT molecular complexity index is 689. The van der Waals surface area contributed by atoms with Gasteiger partial charge in [-0.25, -0.2) is 0 Å². The summed E-state index contributed by atoms with van der Waals surface area (Å²) in [5.74, 6) is -0.0388. The Kier molecular flexibility index (Phi) is 5.55. The zero-order valence-corrected chi connectivity index (χ0v) is 14.2. The van der Waals surface area contributed by atoms with Gasteiger partial charge >= 0.3 is 0 Å². The monoisotopic (exact) mass is 340 g/mol. The summed E-state index contributed by atoms with van der Waals surface area (Å²) in [7, 11) is 0. The highest BCUT2D eigenvalue weighted by molar-refractivity contribution is 6.30. The number of nitrogens with one attached hydrogen (secondary N) is 1. The van der Waals surface area contributed by atoms with Crippen molar-refractivity contribution in [1.82, 2.24) is 5.32 Å². The smallest absolute Gasteiger partial charge is 0.244 e. The molecule has 0 saturated carbocycles. The number of hydrogen-bond donors (Lipinski definition) is 1. The van der Waals surface area contributed by atoms with Gasteiger partial charge in [0, 0.05) is 35.9 Å². The number of halogens is 1. The van der Waals surface area contributed by atoms with Gasteiger partial charge in [0.25, 0.3) is 0 Å². The van der Waals surface area contributed by atoms with E-state index in [0.29, 0.717) is 5.02 Å². The van der Waals surface area contributed by atoms with E-state index in [0.717, 1.165) is 31.5 Å². The quantitative estimate of drug-likeness (QED) is 0.848. The van der Waals surface area contributed by atoms with Crippen molar-refractivity contribution in [2.24, 2.45) is 0 Å². The number of anilines is 1. The minimum absolute atomic E-state index is 0.0388. The Hall–Kier alpha value is -2.26. The molecule has 0 radical (unpaired) electrons. The maximum atomic E-state index is 12.1. The summed E-state index contributed by atoms with van der Waals surface area (Å²) in [6.07, 6.45) is 5.34. The molecule has 3 rings (SSSR count). The van der Waals surface area contributed by atoms with Crippen LogP contribution < -0.4 is 10.2 Å². The van der Waals surface area contributed by atoms with Crippen LogP contribution in [0.15, 0.2) is 60.7 Å². The van der Waals surface area contributed by atoms with Crippen LogP contribution in [0, 0.1) is 0 Å². The summed E-state index contributed by atoms with van der Waals surface area (Å²) in [5, 5.41) is 3.79. The van der Waals surface area contributed by atoms with Crippen molar-refractivity contribution < 1.29 is 4.79 Å². The fourth-order valence-electron chi connectivity index (χ4n) is 2.92. The third-order valence-electron chi connectivity index (χ3n) is 4.26. The van der Waals surface area contributed by atoms with Crippen LogP contribution in [0.4, 0.5) is 5.69 Å². The molecule has 0 aromatic heterocycles. The Balaban J connectivity index is 1.47. The van der Waals surface area contributed by atoms with Gasteiger partial charge in [0.05, 0.1) is 0 Å². The molecule has 1 N–H and O–H groups in total. The maximum absolute atomic E-state index is 12.1. The summed E-state index contributed by atoms with van der Waals surface area (Å²) in [5.41, 5.74) is 2.22. The Morgan fingerprint density at radius 3 is 2.38 bits per heavy atom. The summed E-state index contributed by atoms with van der Waals surface area (Å²) < 4.78 is 0. The van der Waals surface area contributed by atoms with Crippen LogP contribution in [0.2, 0.25) is 5.02 Å². The molecule has 0 aliphatic carbocycles. The zero-order valence-electron chi connectivity index (χ0n) is 13.5. The van der Waals surface area contributed by atoms with Crippen LogP contribution in [-0.4, -0.2) is 25.0 Å². The number of para-hydroxylation sites is 1. The fourth-order valence-corrected chi connectivity index (χ4v) is 3.04. The molecule has 1 heterocycles. The predicted molar refractivity (Wildman–Crippen MR) is 100 cm³/mol. The summed E-state index contributed by atoms with van der Waals surface area (Å²) >= 11 is 5.85. The fraction of sp³-hybridized carbons (Fsp3) is 0.250. The molecule has 0 unspecified atom stereocenters. The van der Waals surface area contributed by atoms with Gasteiger partial charge in [0.15, 0.2) is 0 Å². The van der Waals surface area contributed by atoms with Gasteiger partial charge in [-0.2, -0.15) is 0 Å². The van der Waals surface area contributed by atoms with Crippen molar-refractivity contribution in [3.05, 3.63) is 71.3 Å². The van der Waals surface area contributed by atoms with Gasteiger partial charge < -0.3 is 10.2 Å². The standard InChI is InChI=1S/C20H21ClN2O/c21-17-9-6-16(7-10-17)8-11-20(24)22-18-12-14-23(15-13-18)19-4-2-1-3-5-19/h1-11,18H,12-15H2,(H,22,24)/b11-8+. The van der Waals surface area contributed by atoms with Gasteiger partial charge in [-0.15, -0.1) is 0 Å². The van der Waals surface area contributed by atoms with E-state index in [1.807, 2.05) is 36.4 Å². The van der Waals surface area contributed by atoms with Gasteiger partial charge in [0.1, 0.15) is 0 Å². The van der Waals surface area contributed by atoms with E-state index in [1.165, 1.54) is 5.69 Å². The highest BCUT2D eigenvalue weighted by Gasteiger charge is 2.19. The van der Waals surface area contributed by atoms with Crippen LogP contribution in [0.25, 0.3) is 6.08 Å². The molecule has 1 saturated heterocycles. The number of amides is 1. The van der Waals surface area contributed by atoms with E-state index in [1.54, 1.807) is 6.08 Å². The number of nitrogens with zero attached hydrogens (tertiary/aromatic N) is 1. The topological polar surface area (TPSA) is 32.3 Å². The van der Waals surface area contributed by atoms with E-state index in [9.17, 15) is 4.79 Å². The zero-order chi connectivity index (χ0) is 16.8. The lowest BCUT2D eigenvalue weighted by Gasteiger charge is -2.33. The molecule has 1 aliphatic rings. The third kappa shape index (κ3) is 4.62. The second-order valence-corrected chi connectivity index (χ2v) is 6.43. The van der Waals surface area contributed by atoms with Crippen molar-refractivity contribution in [3.63, 3.8) is 0 Å². The lowest BCUT2D eigenvalue weighted by molar-refractivity contribution is -0.117. The van der Waals surface area contributed by atoms with Gasteiger partial charge in [-0.1, -0.05) is 41.9 Å². The molecule has 0 atom stereocenters. The molecule has 1 fully saturated rings. The summed E-state index contributed by atoms with van der Waals surface area (Å²) in [6.45, 7) is 1.94. The first-order valence-corrected chi connectivity index (χ1v) is 8.63. The van der Waals surface area contributed by atoms with Crippen molar-refractivity contribution in [1.29, 1.82) is 0 Å². The molecule has 2 aromatic rings. The van der Waals surface area contributed by atoms with Crippen LogP contribution >= 0.6 is 11.6 Å². The molecule has 3 nitrogen and oxygen atoms in total. The van der Waals surface area contributed by atoms with E-state index >= 15 is 0 Å². The van der Waals surface area contributed by atoms with Crippen LogP contribution in [0.1, 0.15) is 18.4 Å². The highest BCUT2D eigenvalue weighted by atomic mass is 35.5. The molecular weight excluding hydrogens is 320 g/mol. The molecule has 24 heavy (non-hydrogen) atoms. The largest absolute Gasteiger partial charge is 0.371 e. The average molecular weight is 341 g/mol. The van der Waals surface area contributed by atoms with Crippen LogP contribution in [-0.2, 0) is 4.79 Å². The van der Waals surface area contributed by atoms with E-state index < -0.39 is 0 Å². The first kappa shape index (κ1) is 16.6. The second kappa shape index (κ2) is 8.02. The van der Waals surface area contributed by atoms with Gasteiger partial charge in [-0.05, 0) is 48.7 Å². The first-order valence-electron chi connectivity index (χ1n) is 8.25. The lowest BCUT2D eigenvalue weighted by Crippen LogP contribution is -2.44. The average Bonchev–Trinajstić information content (AvgIpc) is 2.63. The number of piperidine rings is 1. The summed E-state index contributed by atoms with van der Waals surface area (Å²) in [4.78, 5) is 14.4. The molecule has 1 aliphatic heterocycles. The molecule has 1 amide bonds. The molecule has 0 spiro atoms. The number of carbonyl (C=O) groups excluding carboxylic acids is 1. The molecule has 2 aromatic carbocycles. The minimum Gasteiger partial charge on any atom is -0.371 e. The van der Waals surface area contributed by atoms with Crippen molar-refractivity contribution in [3.8, 4) is 0 Å². The van der Waals surface area contributed by atoms with Crippen molar-refractivity contribution >= 4 is 29.3 Å². The highest BCUT2D eigenvalue weighted by Crippen LogP contribution is 2.19. The Morgan fingerprint density at radius 1 is 1.04 bits per heavy atom. The van der Waals surface area contributed by atoms with Gasteiger partial charge in [0.2, 0.25) is 5.91 Å².